The van der Waals surface area contributed by atoms with Crippen LogP contribution in [0.4, 0.5) is 8.78 Å². The summed E-state index contributed by atoms with van der Waals surface area (Å²) < 4.78 is 44.0. The van der Waals surface area contributed by atoms with Gasteiger partial charge in [0, 0.05) is 17.2 Å². The standard InChI is InChI=1S/C21H20F2O6/c1-13(20(25)14-4-7-16(8-5-14)29-21(22)23)28-19(24)11-6-15-12-17(26-2)9-10-18(15)27-3/h4-13,21H,1-3H3/b11-6+/t13-/m1/s1. The van der Waals surface area contributed by atoms with E-state index in [4.69, 9.17) is 14.2 Å². The number of hydrogen-bond acceptors (Lipinski definition) is 6. The van der Waals surface area contributed by atoms with E-state index in [1.807, 2.05) is 0 Å². The average molecular weight is 406 g/mol. The third kappa shape index (κ3) is 6.31. The van der Waals surface area contributed by atoms with E-state index < -0.39 is 24.5 Å². The van der Waals surface area contributed by atoms with Crippen molar-refractivity contribution in [3.63, 3.8) is 0 Å². The van der Waals surface area contributed by atoms with Crippen molar-refractivity contribution < 1.29 is 37.3 Å². The number of benzene rings is 2. The van der Waals surface area contributed by atoms with Crippen LogP contribution in [0.3, 0.4) is 0 Å². The van der Waals surface area contributed by atoms with Crippen molar-refractivity contribution in [2.24, 2.45) is 0 Å². The summed E-state index contributed by atoms with van der Waals surface area (Å²) in [6.07, 6.45) is 1.58. The van der Waals surface area contributed by atoms with E-state index in [0.717, 1.165) is 0 Å². The zero-order chi connectivity index (χ0) is 21.4. The molecule has 6 nitrogen and oxygen atoms in total. The van der Waals surface area contributed by atoms with Crippen molar-refractivity contribution in [1.29, 1.82) is 0 Å². The van der Waals surface area contributed by atoms with Gasteiger partial charge in [0.15, 0.2) is 6.10 Å². The van der Waals surface area contributed by atoms with Gasteiger partial charge in [0.05, 0.1) is 14.2 Å². The molecular formula is C21H20F2O6. The van der Waals surface area contributed by atoms with Crippen LogP contribution in [-0.4, -0.2) is 38.7 Å². The van der Waals surface area contributed by atoms with Crippen LogP contribution in [0.1, 0.15) is 22.8 Å². The lowest BCUT2D eigenvalue weighted by Gasteiger charge is -2.12. The maximum atomic E-state index is 12.3. The molecule has 2 aromatic carbocycles. The van der Waals surface area contributed by atoms with Gasteiger partial charge in [-0.2, -0.15) is 8.78 Å². The van der Waals surface area contributed by atoms with Crippen molar-refractivity contribution in [2.75, 3.05) is 14.2 Å². The van der Waals surface area contributed by atoms with E-state index in [2.05, 4.69) is 4.74 Å². The number of Topliss-reactive ketones (excluding diaryl/α,β-unsaturated/α-hetero) is 1. The third-order valence-corrected chi connectivity index (χ3v) is 3.86. The fourth-order valence-corrected chi connectivity index (χ4v) is 2.43. The second kappa shape index (κ2) is 10.2. The molecule has 0 amide bonds. The van der Waals surface area contributed by atoms with E-state index in [0.29, 0.717) is 17.1 Å². The zero-order valence-electron chi connectivity index (χ0n) is 16.1. The summed E-state index contributed by atoms with van der Waals surface area (Å²) >= 11 is 0. The number of esters is 1. The lowest BCUT2D eigenvalue weighted by molar-refractivity contribution is -0.140. The monoisotopic (exact) mass is 406 g/mol. The van der Waals surface area contributed by atoms with Gasteiger partial charge in [0.25, 0.3) is 0 Å². The van der Waals surface area contributed by atoms with Gasteiger partial charge in [-0.1, -0.05) is 0 Å². The summed E-state index contributed by atoms with van der Waals surface area (Å²) in [6.45, 7) is -1.53. The van der Waals surface area contributed by atoms with Crippen LogP contribution in [0.15, 0.2) is 48.5 Å². The molecule has 2 rings (SSSR count). The van der Waals surface area contributed by atoms with Gasteiger partial charge >= 0.3 is 12.6 Å². The lowest BCUT2D eigenvalue weighted by Crippen LogP contribution is -2.23. The number of ether oxygens (including phenoxy) is 4. The van der Waals surface area contributed by atoms with Gasteiger partial charge < -0.3 is 18.9 Å². The first kappa shape index (κ1) is 21.9. The number of methoxy groups -OCH3 is 2. The van der Waals surface area contributed by atoms with Crippen LogP contribution in [0.25, 0.3) is 6.08 Å². The van der Waals surface area contributed by atoms with Crippen molar-refractivity contribution in [2.45, 2.75) is 19.6 Å². The number of ketones is 1. The van der Waals surface area contributed by atoms with Crippen LogP contribution in [0.5, 0.6) is 17.2 Å². The van der Waals surface area contributed by atoms with Gasteiger partial charge in [-0.05, 0) is 55.5 Å². The molecular weight excluding hydrogens is 386 g/mol. The highest BCUT2D eigenvalue weighted by Crippen LogP contribution is 2.25. The Morgan fingerprint density at radius 1 is 0.966 bits per heavy atom. The molecule has 0 radical (unpaired) electrons. The molecule has 0 bridgehead atoms. The first-order valence-corrected chi connectivity index (χ1v) is 8.54. The highest BCUT2D eigenvalue weighted by Gasteiger charge is 2.19. The van der Waals surface area contributed by atoms with Crippen LogP contribution >= 0.6 is 0 Å². The molecule has 0 heterocycles. The van der Waals surface area contributed by atoms with Crippen LogP contribution < -0.4 is 14.2 Å². The molecule has 0 N–H and O–H groups in total. The van der Waals surface area contributed by atoms with Gasteiger partial charge in [-0.15, -0.1) is 0 Å². The van der Waals surface area contributed by atoms with Gasteiger partial charge in [0.1, 0.15) is 17.2 Å². The third-order valence-electron chi connectivity index (χ3n) is 3.86. The topological polar surface area (TPSA) is 71.1 Å². The molecule has 1 atom stereocenters. The zero-order valence-corrected chi connectivity index (χ0v) is 16.1. The van der Waals surface area contributed by atoms with Gasteiger partial charge in [-0.3, -0.25) is 4.79 Å². The molecule has 0 fully saturated rings. The van der Waals surface area contributed by atoms with Crippen LogP contribution in [-0.2, 0) is 9.53 Å². The molecule has 8 heteroatoms. The molecule has 0 unspecified atom stereocenters. The number of alkyl halides is 2. The van der Waals surface area contributed by atoms with E-state index in [1.165, 1.54) is 57.6 Å². The average Bonchev–Trinajstić information content (AvgIpc) is 2.71. The Morgan fingerprint density at radius 3 is 2.21 bits per heavy atom. The quantitative estimate of drug-likeness (QED) is 0.354. The van der Waals surface area contributed by atoms with Crippen molar-refractivity contribution in [1.82, 2.24) is 0 Å². The smallest absolute Gasteiger partial charge is 0.387 e. The van der Waals surface area contributed by atoms with Gasteiger partial charge in [-0.25, -0.2) is 4.79 Å². The molecule has 0 aliphatic carbocycles. The Kier molecular flexibility index (Phi) is 7.70. The van der Waals surface area contributed by atoms with Crippen molar-refractivity contribution in [3.05, 3.63) is 59.7 Å². The molecule has 0 aromatic heterocycles. The summed E-state index contributed by atoms with van der Waals surface area (Å²) in [6, 6.07) is 10.2. The number of rotatable bonds is 9. The van der Waals surface area contributed by atoms with Crippen LogP contribution in [0, 0.1) is 0 Å². The number of carbonyl (C=O) groups excluding carboxylic acids is 2. The highest BCUT2D eigenvalue weighted by atomic mass is 19.3. The van der Waals surface area contributed by atoms with Crippen molar-refractivity contribution >= 4 is 17.8 Å². The minimum atomic E-state index is -2.95. The largest absolute Gasteiger partial charge is 0.497 e. The maximum Gasteiger partial charge on any atom is 0.387 e. The normalized spacial score (nSPS) is 11.9. The second-order valence-corrected chi connectivity index (χ2v) is 5.79. The summed E-state index contributed by atoms with van der Waals surface area (Å²) in [4.78, 5) is 24.4. The fourth-order valence-electron chi connectivity index (χ4n) is 2.43. The summed E-state index contributed by atoms with van der Waals surface area (Å²) in [5, 5.41) is 0. The minimum absolute atomic E-state index is 0.0728. The van der Waals surface area contributed by atoms with E-state index in [9.17, 15) is 18.4 Å². The molecule has 0 saturated carbocycles. The molecule has 29 heavy (non-hydrogen) atoms. The molecule has 0 aliphatic heterocycles. The Balaban J connectivity index is 2.01. The van der Waals surface area contributed by atoms with E-state index >= 15 is 0 Å². The predicted molar refractivity (Wildman–Crippen MR) is 102 cm³/mol. The second-order valence-electron chi connectivity index (χ2n) is 5.79. The minimum Gasteiger partial charge on any atom is -0.497 e. The number of carbonyl (C=O) groups is 2. The summed E-state index contributed by atoms with van der Waals surface area (Å²) in [5.74, 6) is -0.161. The van der Waals surface area contributed by atoms with Gasteiger partial charge in [0.2, 0.25) is 5.78 Å². The molecule has 0 saturated heterocycles. The number of halogens is 2. The summed E-state index contributed by atoms with van der Waals surface area (Å²) in [5.41, 5.74) is 0.794. The Morgan fingerprint density at radius 2 is 1.62 bits per heavy atom. The van der Waals surface area contributed by atoms with E-state index in [1.54, 1.807) is 18.2 Å². The van der Waals surface area contributed by atoms with Crippen molar-refractivity contribution in [3.8, 4) is 17.2 Å². The predicted octanol–water partition coefficient (Wildman–Crippen LogP) is 4.13. The fraction of sp³-hybridized carbons (Fsp3) is 0.238. The number of hydrogen-bond donors (Lipinski definition) is 0. The summed E-state index contributed by atoms with van der Waals surface area (Å²) in [7, 11) is 3.01. The molecule has 154 valence electrons. The maximum absolute atomic E-state index is 12.3. The Hall–Kier alpha value is -3.42. The molecule has 0 spiro atoms. The SMILES string of the molecule is COc1ccc(OC)c(/C=C/C(=O)O[C@H](C)C(=O)c2ccc(OC(F)F)cc2)c1. The molecule has 2 aromatic rings. The first-order valence-electron chi connectivity index (χ1n) is 8.54. The molecule has 0 aliphatic rings. The first-order chi connectivity index (χ1) is 13.8. The highest BCUT2D eigenvalue weighted by molar-refractivity contribution is 6.01. The van der Waals surface area contributed by atoms with Crippen LogP contribution in [0.2, 0.25) is 0 Å². The lowest BCUT2D eigenvalue weighted by atomic mass is 10.1. The Labute approximate surface area is 166 Å². The van der Waals surface area contributed by atoms with E-state index in [-0.39, 0.29) is 11.3 Å². The Bertz CT molecular complexity index is 877.